The molecule has 0 bridgehead atoms. The number of fused-ring (bicyclic) bond motifs is 1. The molecular weight excluding hydrogens is 617 g/mol. The van der Waals surface area contributed by atoms with Gasteiger partial charge in [-0.1, -0.05) is 18.2 Å². The number of esters is 1. The number of nitrogens with zero attached hydrogens (tertiary/aromatic N) is 4. The number of nitrogens with one attached hydrogen (secondary N) is 1. The van der Waals surface area contributed by atoms with Crippen LogP contribution in [0.15, 0.2) is 36.7 Å². The van der Waals surface area contributed by atoms with Gasteiger partial charge in [-0.05, 0) is 58.6 Å². The van der Waals surface area contributed by atoms with Gasteiger partial charge in [-0.3, -0.25) is 13.9 Å². The Bertz CT molecular complexity index is 1490. The van der Waals surface area contributed by atoms with Gasteiger partial charge in [0.25, 0.3) is 0 Å². The van der Waals surface area contributed by atoms with Crippen molar-refractivity contribution >= 4 is 30.8 Å². The lowest BCUT2D eigenvalue weighted by atomic mass is 9.88. The van der Waals surface area contributed by atoms with E-state index in [-0.39, 0.29) is 41.5 Å². The SMILES string of the molecule is CCOc1nc(N)nc2c1ncn2C(C)(F)[C@](O)(COC)C(F)COP(=O)(NC(C)C(=O)OC1CCCC1)Oc1ccccc1. The summed E-state index contributed by atoms with van der Waals surface area (Å²) in [7, 11) is -3.41. The zero-order chi connectivity index (χ0) is 32.8. The summed E-state index contributed by atoms with van der Waals surface area (Å²) < 4.78 is 74.5. The van der Waals surface area contributed by atoms with Crippen LogP contribution in [0.5, 0.6) is 11.6 Å². The van der Waals surface area contributed by atoms with E-state index in [4.69, 9.17) is 29.0 Å². The second-order valence-corrected chi connectivity index (χ2v) is 12.5. The highest BCUT2D eigenvalue weighted by Crippen LogP contribution is 2.47. The zero-order valence-corrected chi connectivity index (χ0v) is 26.4. The van der Waals surface area contributed by atoms with Crippen LogP contribution < -0.4 is 20.1 Å². The maximum Gasteiger partial charge on any atom is 0.459 e. The largest absolute Gasteiger partial charge is 0.476 e. The summed E-state index contributed by atoms with van der Waals surface area (Å²) in [5, 5.41) is 14.0. The van der Waals surface area contributed by atoms with Crippen LogP contribution in [0.3, 0.4) is 0 Å². The van der Waals surface area contributed by atoms with Crippen LogP contribution in [-0.2, 0) is 29.1 Å². The molecule has 248 valence electrons. The van der Waals surface area contributed by atoms with Crippen LogP contribution in [0.1, 0.15) is 46.5 Å². The number of methoxy groups -OCH3 is 1. The minimum Gasteiger partial charge on any atom is -0.476 e. The number of nitrogen functional groups attached to an aromatic ring is 1. The highest BCUT2D eigenvalue weighted by molar-refractivity contribution is 7.52. The maximum absolute atomic E-state index is 16.8. The minimum absolute atomic E-state index is 0.0183. The van der Waals surface area contributed by atoms with E-state index < -0.39 is 50.5 Å². The molecule has 4 rings (SSSR count). The van der Waals surface area contributed by atoms with E-state index in [0.717, 1.165) is 37.8 Å². The number of carbonyl (C=O) groups is 1. The lowest BCUT2D eigenvalue weighted by Crippen LogP contribution is -2.61. The van der Waals surface area contributed by atoms with Gasteiger partial charge in [0.2, 0.25) is 17.6 Å². The molecule has 3 aromatic rings. The molecule has 0 spiro atoms. The molecule has 0 saturated heterocycles. The lowest BCUT2D eigenvalue weighted by molar-refractivity contribution is -0.207. The average molecular weight is 657 g/mol. The number of imidazole rings is 1. The first-order valence-corrected chi connectivity index (χ1v) is 16.0. The Labute approximate surface area is 259 Å². The Morgan fingerprint density at radius 3 is 2.60 bits per heavy atom. The number of para-hydroxylation sites is 1. The normalized spacial score (nSPS) is 19.3. The molecule has 0 aliphatic heterocycles. The predicted octanol–water partition coefficient (Wildman–Crippen LogP) is 3.83. The van der Waals surface area contributed by atoms with Crippen LogP contribution in [-0.4, -0.2) is 81.4 Å². The number of rotatable bonds is 16. The second kappa shape index (κ2) is 14.3. The molecule has 1 aromatic carbocycles. The molecule has 1 fully saturated rings. The van der Waals surface area contributed by atoms with E-state index in [1.54, 1.807) is 25.1 Å². The Balaban J connectivity index is 1.60. The Kier molecular flexibility index (Phi) is 11.0. The van der Waals surface area contributed by atoms with Crippen LogP contribution >= 0.6 is 7.75 Å². The number of benzene rings is 1. The number of aliphatic hydroxyl groups is 1. The fourth-order valence-corrected chi connectivity index (χ4v) is 6.43. The van der Waals surface area contributed by atoms with Gasteiger partial charge in [-0.15, -0.1) is 0 Å². The third-order valence-corrected chi connectivity index (χ3v) is 9.08. The van der Waals surface area contributed by atoms with Crippen molar-refractivity contribution in [1.29, 1.82) is 0 Å². The second-order valence-electron chi connectivity index (χ2n) is 10.8. The highest BCUT2D eigenvalue weighted by Gasteiger charge is 2.57. The van der Waals surface area contributed by atoms with Crippen molar-refractivity contribution in [3.05, 3.63) is 36.7 Å². The van der Waals surface area contributed by atoms with Crippen molar-refractivity contribution in [3.63, 3.8) is 0 Å². The molecule has 14 nitrogen and oxygen atoms in total. The van der Waals surface area contributed by atoms with Crippen molar-refractivity contribution in [3.8, 4) is 11.6 Å². The van der Waals surface area contributed by atoms with Crippen LogP contribution in [0.2, 0.25) is 0 Å². The minimum atomic E-state index is -4.55. The zero-order valence-electron chi connectivity index (χ0n) is 25.5. The summed E-state index contributed by atoms with van der Waals surface area (Å²) in [6, 6.07) is 6.65. The molecule has 0 radical (unpaired) electrons. The lowest BCUT2D eigenvalue weighted by Gasteiger charge is -2.41. The molecular formula is C28H39F2N6O8P. The number of nitrogens with two attached hydrogens (primary N) is 1. The number of anilines is 1. The third kappa shape index (κ3) is 7.69. The third-order valence-electron chi connectivity index (χ3n) is 7.44. The number of carbonyl (C=O) groups excluding carboxylic acids is 1. The number of hydrogen-bond donors (Lipinski definition) is 3. The Morgan fingerprint density at radius 2 is 1.96 bits per heavy atom. The van der Waals surface area contributed by atoms with Crippen LogP contribution in [0.4, 0.5) is 14.7 Å². The maximum atomic E-state index is 16.8. The highest BCUT2D eigenvalue weighted by atomic mass is 31.2. The first kappa shape index (κ1) is 34.4. The molecule has 5 atom stereocenters. The molecule has 2 heterocycles. The summed E-state index contributed by atoms with van der Waals surface area (Å²) in [6.07, 6.45) is 1.42. The summed E-state index contributed by atoms with van der Waals surface area (Å²) in [5.74, 6) is -3.94. The van der Waals surface area contributed by atoms with Gasteiger partial charge in [-0.25, -0.2) is 18.3 Å². The number of halogens is 2. The molecule has 4 unspecified atom stereocenters. The van der Waals surface area contributed by atoms with Crippen molar-refractivity contribution < 1.29 is 46.5 Å². The van der Waals surface area contributed by atoms with Crippen molar-refractivity contribution in [2.45, 2.75) is 76.2 Å². The molecule has 2 aromatic heterocycles. The van der Waals surface area contributed by atoms with Crippen molar-refractivity contribution in [1.82, 2.24) is 24.6 Å². The monoisotopic (exact) mass is 656 g/mol. The predicted molar refractivity (Wildman–Crippen MR) is 159 cm³/mol. The first-order valence-electron chi connectivity index (χ1n) is 14.5. The van der Waals surface area contributed by atoms with Gasteiger partial charge in [0.05, 0.1) is 26.1 Å². The average Bonchev–Trinajstić information content (AvgIpc) is 3.67. The van der Waals surface area contributed by atoms with E-state index in [0.29, 0.717) is 12.8 Å². The van der Waals surface area contributed by atoms with Crippen molar-refractivity contribution in [2.24, 2.45) is 0 Å². The smallest absolute Gasteiger partial charge is 0.459 e. The number of ether oxygens (including phenoxy) is 3. The van der Waals surface area contributed by atoms with Crippen LogP contribution in [0.25, 0.3) is 11.2 Å². The van der Waals surface area contributed by atoms with E-state index in [2.05, 4.69) is 20.0 Å². The summed E-state index contributed by atoms with van der Waals surface area (Å²) in [6.45, 7) is 2.12. The van der Waals surface area contributed by atoms with E-state index in [9.17, 15) is 14.5 Å². The summed E-state index contributed by atoms with van der Waals surface area (Å²) in [5.41, 5.74) is 2.64. The number of alkyl halides is 2. The number of aromatic nitrogens is 4. The molecule has 45 heavy (non-hydrogen) atoms. The van der Waals surface area contributed by atoms with Crippen LogP contribution in [0, 0.1) is 0 Å². The van der Waals surface area contributed by atoms with E-state index >= 15 is 8.78 Å². The molecule has 4 N–H and O–H groups in total. The standard InChI is InChI=1S/C28H39F2N6O8P/c1-5-41-24-22-23(33-26(31)34-24)36(17-32-22)27(3,30)28(38,16-40-4)21(29)15-42-45(39,44-20-13-7-6-8-14-20)35-18(2)25(37)43-19-11-9-10-12-19/h6-8,13-14,17-19,21,38H,5,9-12,15-16H2,1-4H3,(H,35,39)(H2,31,33,34)/t18?,21?,27?,28-,45?/m0/s1. The van der Waals surface area contributed by atoms with Gasteiger partial charge in [0.15, 0.2) is 22.9 Å². The van der Waals surface area contributed by atoms with Gasteiger partial charge in [0, 0.05) is 7.11 Å². The van der Waals surface area contributed by atoms with E-state index in [1.165, 1.54) is 19.1 Å². The van der Waals surface area contributed by atoms with Gasteiger partial charge < -0.3 is 29.6 Å². The molecule has 0 amide bonds. The fourth-order valence-electron chi connectivity index (χ4n) is 4.95. The van der Waals surface area contributed by atoms with E-state index in [1.807, 2.05) is 0 Å². The topological polar surface area (TPSA) is 182 Å². The van der Waals surface area contributed by atoms with Gasteiger partial charge >= 0.3 is 13.7 Å². The summed E-state index contributed by atoms with van der Waals surface area (Å²) in [4.78, 5) is 24.8. The van der Waals surface area contributed by atoms with Crippen molar-refractivity contribution in [2.75, 3.05) is 32.7 Å². The molecule has 1 aliphatic carbocycles. The van der Waals surface area contributed by atoms with Gasteiger partial charge in [0.1, 0.15) is 17.9 Å². The number of hydrogen-bond acceptors (Lipinski definition) is 12. The molecule has 1 aliphatic rings. The fraction of sp³-hybridized carbons (Fsp3) is 0.571. The Hall–Kier alpha value is -3.43. The Morgan fingerprint density at radius 1 is 1.27 bits per heavy atom. The van der Waals surface area contributed by atoms with Gasteiger partial charge in [-0.2, -0.15) is 15.1 Å². The quantitative estimate of drug-likeness (QED) is 0.150. The summed E-state index contributed by atoms with van der Waals surface area (Å²) >= 11 is 0. The molecule has 17 heteroatoms. The molecule has 1 saturated carbocycles. The first-order chi connectivity index (χ1) is 21.3.